The molecule has 0 rings (SSSR count). The van der Waals surface area contributed by atoms with E-state index >= 15 is 0 Å². The summed E-state index contributed by atoms with van der Waals surface area (Å²) in [5.74, 6) is -0.311. The van der Waals surface area contributed by atoms with Gasteiger partial charge in [-0.2, -0.15) is 0 Å². The van der Waals surface area contributed by atoms with E-state index in [4.69, 9.17) is 9.84 Å². The second-order valence-corrected chi connectivity index (χ2v) is 3.18. The summed E-state index contributed by atoms with van der Waals surface area (Å²) in [6, 6.07) is 0.307. The maximum Gasteiger partial charge on any atom is 0.330 e. The number of aliphatic hydroxyl groups excluding tert-OH is 1. The maximum absolute atomic E-state index is 10.9. The molecule has 0 saturated carbocycles. The van der Waals surface area contributed by atoms with E-state index in [2.05, 4.69) is 12.2 Å². The van der Waals surface area contributed by atoms with Crippen molar-refractivity contribution in [3.05, 3.63) is 12.2 Å². The molecule has 0 aliphatic carbocycles. The van der Waals surface area contributed by atoms with Gasteiger partial charge in [0.25, 0.3) is 0 Å². The first kappa shape index (κ1) is 14.1. The maximum atomic E-state index is 10.9. The Morgan fingerprint density at radius 2 is 2.27 bits per heavy atom. The molecule has 0 aliphatic heterocycles. The third kappa shape index (κ3) is 8.15. The second-order valence-electron chi connectivity index (χ2n) is 3.18. The molecule has 4 heteroatoms. The van der Waals surface area contributed by atoms with Crippen LogP contribution in [0.25, 0.3) is 0 Å². The lowest BCUT2D eigenvalue weighted by atomic mass is 10.1. The van der Waals surface area contributed by atoms with Crippen molar-refractivity contribution in [2.24, 2.45) is 0 Å². The number of aliphatic hydroxyl groups is 1. The Morgan fingerprint density at radius 1 is 1.53 bits per heavy atom. The van der Waals surface area contributed by atoms with Crippen LogP contribution in [0.5, 0.6) is 0 Å². The fourth-order valence-corrected chi connectivity index (χ4v) is 1.19. The number of carbonyl (C=O) groups is 1. The van der Waals surface area contributed by atoms with E-state index in [1.165, 1.54) is 6.08 Å². The summed E-state index contributed by atoms with van der Waals surface area (Å²) in [4.78, 5) is 10.9. The van der Waals surface area contributed by atoms with E-state index < -0.39 is 0 Å². The average Bonchev–Trinajstić information content (AvgIpc) is 2.23. The third-order valence-electron chi connectivity index (χ3n) is 2.04. The van der Waals surface area contributed by atoms with E-state index in [0.717, 1.165) is 12.8 Å². The van der Waals surface area contributed by atoms with Crippen LogP contribution in [0.4, 0.5) is 0 Å². The van der Waals surface area contributed by atoms with Crippen LogP contribution in [-0.4, -0.2) is 36.9 Å². The van der Waals surface area contributed by atoms with Gasteiger partial charge in [0.1, 0.15) is 0 Å². The molecule has 0 saturated heterocycles. The van der Waals surface area contributed by atoms with Crippen LogP contribution in [0, 0.1) is 0 Å². The Labute approximate surface area is 91.3 Å². The predicted molar refractivity (Wildman–Crippen MR) is 59.6 cm³/mol. The summed E-state index contributed by atoms with van der Waals surface area (Å²) in [6.07, 6.45) is 4.86. The standard InChI is InChI=1S/C11H21NO3/c1-3-10(7-9-13)12-8-5-6-11(14)15-4-2/h5-6,10,12-13H,3-4,7-9H2,1-2H3/b6-5+. The number of hydrogen-bond acceptors (Lipinski definition) is 4. The van der Waals surface area contributed by atoms with Crippen molar-refractivity contribution in [1.82, 2.24) is 5.32 Å². The number of rotatable bonds is 8. The topological polar surface area (TPSA) is 58.6 Å². The first-order valence-electron chi connectivity index (χ1n) is 5.42. The molecule has 0 aliphatic rings. The number of esters is 1. The Hall–Kier alpha value is -0.870. The van der Waals surface area contributed by atoms with Crippen molar-refractivity contribution in [1.29, 1.82) is 0 Å². The van der Waals surface area contributed by atoms with Crippen LogP contribution in [-0.2, 0) is 9.53 Å². The van der Waals surface area contributed by atoms with E-state index in [-0.39, 0.29) is 12.6 Å². The van der Waals surface area contributed by atoms with Gasteiger partial charge in [0, 0.05) is 25.3 Å². The van der Waals surface area contributed by atoms with Crippen molar-refractivity contribution in [3.63, 3.8) is 0 Å². The van der Waals surface area contributed by atoms with Crippen molar-refractivity contribution >= 4 is 5.97 Å². The average molecular weight is 215 g/mol. The van der Waals surface area contributed by atoms with E-state index in [0.29, 0.717) is 19.2 Å². The second kappa shape index (κ2) is 9.68. The van der Waals surface area contributed by atoms with Crippen LogP contribution in [0.1, 0.15) is 26.7 Å². The van der Waals surface area contributed by atoms with Crippen LogP contribution >= 0.6 is 0 Å². The first-order chi connectivity index (χ1) is 7.24. The van der Waals surface area contributed by atoms with E-state index in [1.54, 1.807) is 13.0 Å². The van der Waals surface area contributed by atoms with Crippen LogP contribution in [0.3, 0.4) is 0 Å². The van der Waals surface area contributed by atoms with Crippen molar-refractivity contribution in [2.45, 2.75) is 32.7 Å². The summed E-state index contributed by atoms with van der Waals surface area (Å²) in [7, 11) is 0. The quantitative estimate of drug-likeness (QED) is 0.465. The lowest BCUT2D eigenvalue weighted by Gasteiger charge is -2.13. The van der Waals surface area contributed by atoms with Gasteiger partial charge in [0.2, 0.25) is 0 Å². The molecule has 0 amide bonds. The highest BCUT2D eigenvalue weighted by molar-refractivity contribution is 5.81. The normalized spacial score (nSPS) is 13.0. The predicted octanol–water partition coefficient (Wildman–Crippen LogP) is 0.856. The van der Waals surface area contributed by atoms with Crippen molar-refractivity contribution in [2.75, 3.05) is 19.8 Å². The summed E-state index contributed by atoms with van der Waals surface area (Å²) < 4.78 is 4.73. The molecule has 0 fully saturated rings. The smallest absolute Gasteiger partial charge is 0.330 e. The number of carbonyl (C=O) groups excluding carboxylic acids is 1. The van der Waals surface area contributed by atoms with Crippen molar-refractivity contribution in [3.8, 4) is 0 Å². The molecule has 0 heterocycles. The van der Waals surface area contributed by atoms with Gasteiger partial charge in [-0.05, 0) is 19.8 Å². The van der Waals surface area contributed by atoms with Gasteiger partial charge in [-0.25, -0.2) is 4.79 Å². The fraction of sp³-hybridized carbons (Fsp3) is 0.727. The van der Waals surface area contributed by atoms with Gasteiger partial charge >= 0.3 is 5.97 Å². The Morgan fingerprint density at radius 3 is 2.80 bits per heavy atom. The number of hydrogen-bond donors (Lipinski definition) is 2. The molecule has 0 radical (unpaired) electrons. The van der Waals surface area contributed by atoms with Gasteiger partial charge in [-0.3, -0.25) is 0 Å². The lowest BCUT2D eigenvalue weighted by Crippen LogP contribution is -2.29. The lowest BCUT2D eigenvalue weighted by molar-refractivity contribution is -0.137. The monoisotopic (exact) mass is 215 g/mol. The highest BCUT2D eigenvalue weighted by Gasteiger charge is 2.02. The number of ether oxygens (including phenoxy) is 1. The summed E-state index contributed by atoms with van der Waals surface area (Å²) >= 11 is 0. The zero-order valence-corrected chi connectivity index (χ0v) is 9.53. The summed E-state index contributed by atoms with van der Waals surface area (Å²) in [5.41, 5.74) is 0. The molecule has 0 aromatic heterocycles. The fourth-order valence-electron chi connectivity index (χ4n) is 1.19. The Bertz CT molecular complexity index is 192. The molecule has 0 bridgehead atoms. The third-order valence-corrected chi connectivity index (χ3v) is 2.04. The molecule has 0 aromatic rings. The SMILES string of the molecule is CCOC(=O)/C=C/CNC(CC)CCO. The minimum atomic E-state index is -0.311. The van der Waals surface area contributed by atoms with E-state index in [9.17, 15) is 4.79 Å². The molecule has 0 aromatic carbocycles. The van der Waals surface area contributed by atoms with Crippen LogP contribution in [0.2, 0.25) is 0 Å². The minimum absolute atomic E-state index is 0.188. The van der Waals surface area contributed by atoms with Gasteiger partial charge in [-0.1, -0.05) is 13.0 Å². The summed E-state index contributed by atoms with van der Waals surface area (Å²) in [5, 5.41) is 12.0. The molecule has 2 N–H and O–H groups in total. The van der Waals surface area contributed by atoms with Gasteiger partial charge < -0.3 is 15.2 Å². The molecule has 1 unspecified atom stereocenters. The Balaban J connectivity index is 3.62. The Kier molecular flexibility index (Phi) is 9.11. The molecule has 4 nitrogen and oxygen atoms in total. The zero-order chi connectivity index (χ0) is 11.5. The zero-order valence-electron chi connectivity index (χ0n) is 9.53. The highest BCUT2D eigenvalue weighted by Crippen LogP contribution is 1.95. The summed E-state index contributed by atoms with van der Waals surface area (Å²) in [6.45, 7) is 5.05. The van der Waals surface area contributed by atoms with Crippen molar-refractivity contribution < 1.29 is 14.6 Å². The minimum Gasteiger partial charge on any atom is -0.463 e. The molecule has 88 valence electrons. The largest absolute Gasteiger partial charge is 0.463 e. The first-order valence-corrected chi connectivity index (χ1v) is 5.42. The molecular formula is C11H21NO3. The number of nitrogens with one attached hydrogen (secondary N) is 1. The van der Waals surface area contributed by atoms with Gasteiger partial charge in [0.05, 0.1) is 6.61 Å². The molecular weight excluding hydrogens is 194 g/mol. The molecule has 15 heavy (non-hydrogen) atoms. The van der Waals surface area contributed by atoms with E-state index in [1.807, 2.05) is 0 Å². The molecule has 0 spiro atoms. The van der Waals surface area contributed by atoms with Gasteiger partial charge in [0.15, 0.2) is 0 Å². The molecule has 1 atom stereocenters. The van der Waals surface area contributed by atoms with Gasteiger partial charge in [-0.15, -0.1) is 0 Å². The van der Waals surface area contributed by atoms with Crippen LogP contribution < -0.4 is 5.32 Å². The highest BCUT2D eigenvalue weighted by atomic mass is 16.5. The van der Waals surface area contributed by atoms with Crippen LogP contribution in [0.15, 0.2) is 12.2 Å².